The summed E-state index contributed by atoms with van der Waals surface area (Å²) in [6.07, 6.45) is 9.56. The molecule has 0 saturated carbocycles. The third-order valence-corrected chi connectivity index (χ3v) is 16.9. The number of aromatic nitrogens is 2. The first kappa shape index (κ1) is 58.6. The van der Waals surface area contributed by atoms with Crippen molar-refractivity contribution in [2.45, 2.75) is 86.5 Å². The van der Waals surface area contributed by atoms with Gasteiger partial charge in [-0.05, 0) is 163 Å². The van der Waals surface area contributed by atoms with E-state index in [1.165, 1.54) is 6.33 Å². The first-order valence-electron chi connectivity index (χ1n) is 28.9. The number of fused-ring (bicyclic) bond motifs is 6. The van der Waals surface area contributed by atoms with Gasteiger partial charge >= 0.3 is 0 Å². The fourth-order valence-corrected chi connectivity index (χ4v) is 12.3. The second-order valence-corrected chi connectivity index (χ2v) is 23.1. The van der Waals surface area contributed by atoms with Crippen LogP contribution in [0.2, 0.25) is 0 Å². The highest BCUT2D eigenvalue weighted by Gasteiger charge is 2.41. The number of carbonyl (C=O) groups is 1. The topological polar surface area (TPSA) is 182 Å². The lowest BCUT2D eigenvalue weighted by atomic mass is 9.86. The van der Waals surface area contributed by atoms with E-state index < -0.39 is 0 Å². The van der Waals surface area contributed by atoms with Crippen LogP contribution < -0.4 is 25.4 Å². The number of amides is 1. The molecule has 85 heavy (non-hydrogen) atoms. The molecule has 1 aliphatic carbocycles. The molecule has 8 bridgehead atoms. The molecule has 4 N–H and O–H groups in total. The molecule has 3 atom stereocenters. The fourth-order valence-electron chi connectivity index (χ4n) is 11.7. The number of halogens is 1. The molecule has 1 unspecified atom stereocenters. The number of allylic oxidation sites excluding steroid dienone is 11. The van der Waals surface area contributed by atoms with Crippen LogP contribution in [0.5, 0.6) is 11.5 Å². The minimum atomic E-state index is -0.357. The van der Waals surface area contributed by atoms with E-state index in [-0.39, 0.29) is 23.8 Å². The van der Waals surface area contributed by atoms with Crippen LogP contribution >= 0.6 is 22.6 Å². The molecule has 6 aliphatic rings. The summed E-state index contributed by atoms with van der Waals surface area (Å²) in [7, 11) is 3.26. The molecule has 0 spiro atoms. The zero-order valence-corrected chi connectivity index (χ0v) is 51.4. The van der Waals surface area contributed by atoms with Gasteiger partial charge in [0.15, 0.2) is 11.5 Å². The number of rotatable bonds is 20. The van der Waals surface area contributed by atoms with E-state index in [1.807, 2.05) is 73.7 Å². The number of carbonyl (C=O) groups excluding carboxylic acids is 1. The largest absolute Gasteiger partial charge is 0.511 e. The van der Waals surface area contributed by atoms with E-state index in [4.69, 9.17) is 38.7 Å². The summed E-state index contributed by atoms with van der Waals surface area (Å²) in [6.45, 7) is 15.1. The number of nitrogens with zero attached hydrogens (tertiary/aromatic N) is 5. The molecule has 434 valence electrons. The van der Waals surface area contributed by atoms with Crippen molar-refractivity contribution < 1.29 is 33.6 Å². The minimum absolute atomic E-state index is 0.00634. The van der Waals surface area contributed by atoms with Gasteiger partial charge in [0.1, 0.15) is 31.1 Å². The maximum absolute atomic E-state index is 13.6. The molecule has 5 aliphatic heterocycles. The molecule has 1 amide bonds. The highest BCUT2D eigenvalue weighted by atomic mass is 127. The van der Waals surface area contributed by atoms with Crippen molar-refractivity contribution in [3.05, 3.63) is 209 Å². The number of hydrogen-bond acceptors (Lipinski definition) is 14. The van der Waals surface area contributed by atoms with Gasteiger partial charge in [0.25, 0.3) is 0 Å². The van der Waals surface area contributed by atoms with Crippen LogP contribution in [0.25, 0.3) is 10.9 Å². The Balaban J connectivity index is 0.842. The number of methoxy groups -OCH3 is 2. The lowest BCUT2D eigenvalue weighted by Crippen LogP contribution is -2.24. The van der Waals surface area contributed by atoms with E-state index in [9.17, 15) is 9.90 Å². The molecule has 1 saturated heterocycles. The zero-order chi connectivity index (χ0) is 59.3. The first-order chi connectivity index (χ1) is 41.3. The number of aliphatic hydroxyl groups excluding tert-OH is 1. The summed E-state index contributed by atoms with van der Waals surface area (Å²) in [5.41, 5.74) is 19.0. The summed E-state index contributed by atoms with van der Waals surface area (Å²) < 4.78 is 30.4. The number of aliphatic imine (C=N–C) groups is 3. The van der Waals surface area contributed by atoms with Crippen LogP contribution in [0.15, 0.2) is 198 Å². The van der Waals surface area contributed by atoms with Gasteiger partial charge in [-0.25, -0.2) is 24.9 Å². The number of benzene rings is 4. The smallest absolute Gasteiger partial charge is 0.220 e. The van der Waals surface area contributed by atoms with Crippen LogP contribution in [0.1, 0.15) is 89.5 Å². The Morgan fingerprint density at radius 2 is 1.53 bits per heavy atom. The third-order valence-electron chi connectivity index (χ3n) is 16.3. The summed E-state index contributed by atoms with van der Waals surface area (Å²) in [4.78, 5) is 38.6. The van der Waals surface area contributed by atoms with Gasteiger partial charge in [0.05, 0.1) is 65.7 Å². The highest BCUT2D eigenvalue weighted by molar-refractivity contribution is 14.1. The van der Waals surface area contributed by atoms with Crippen LogP contribution in [-0.2, 0) is 32.2 Å². The fraction of sp³-hybridized carbons (Fsp3) is 0.304. The molecule has 6 heterocycles. The zero-order valence-electron chi connectivity index (χ0n) is 49.2. The summed E-state index contributed by atoms with van der Waals surface area (Å²) in [5, 5.41) is 22.9. The van der Waals surface area contributed by atoms with Crippen molar-refractivity contribution in [1.82, 2.24) is 20.6 Å². The minimum Gasteiger partial charge on any atom is -0.511 e. The molecule has 16 heteroatoms. The number of aliphatic hydroxyl groups is 1. The Labute approximate surface area is 510 Å². The van der Waals surface area contributed by atoms with Gasteiger partial charge in [-0.15, -0.1) is 0 Å². The lowest BCUT2D eigenvalue weighted by molar-refractivity contribution is -0.121. The maximum Gasteiger partial charge on any atom is 0.220 e. The van der Waals surface area contributed by atoms with Gasteiger partial charge in [0.2, 0.25) is 5.91 Å². The summed E-state index contributed by atoms with van der Waals surface area (Å²) >= 11 is 2.30. The Morgan fingerprint density at radius 3 is 2.29 bits per heavy atom. The average Bonchev–Trinajstić information content (AvgIpc) is 1.99. The maximum atomic E-state index is 13.6. The molecular weight excluding hydrogens is 1180 g/mol. The van der Waals surface area contributed by atoms with Crippen molar-refractivity contribution in [2.75, 3.05) is 46.0 Å². The van der Waals surface area contributed by atoms with Gasteiger partial charge in [0, 0.05) is 105 Å². The molecule has 4 aromatic carbocycles. The second-order valence-electron chi connectivity index (χ2n) is 21.8. The quantitative estimate of drug-likeness (QED) is 0.0331. The predicted molar refractivity (Wildman–Crippen MR) is 343 cm³/mol. The Hall–Kier alpha value is -8.21. The van der Waals surface area contributed by atoms with E-state index in [2.05, 4.69) is 131 Å². The standard InChI is InChI=1S/C69H69IN8O7/c1-9-50-39(2)54-34-60-65(43(6)85-37-47-16-10-13-44(27-47)19-20-45-14-12-18-49(29-45)74-69-52-31-62(83-25-23-81-7)63(84-26-24-82-8)35-58(52)72-38-73-69)41(4)56(76-60)32-55-40(3)51(21-22-64(80)71-36-46-15-11-17-48(70)28-46)67(77-55)53-30-61(79)66-42(5)57(78-68(53)66)33-59(50)75-54/h10-18,27-29,31-35,38,40,43,51,77,79H,9,21-26,30,36-37H2,1-8H3,(H,71,80)(H,72,73,74)/t40-,43?,51-/m0/s1. The first-order valence-corrected chi connectivity index (χ1v) is 29.9. The highest BCUT2D eigenvalue weighted by Crippen LogP contribution is 2.47. The van der Waals surface area contributed by atoms with E-state index >= 15 is 0 Å². The third kappa shape index (κ3) is 12.8. The van der Waals surface area contributed by atoms with Crippen molar-refractivity contribution >= 4 is 68.0 Å². The number of ether oxygens (including phenoxy) is 5. The van der Waals surface area contributed by atoms with Crippen LogP contribution in [0.3, 0.4) is 0 Å². The van der Waals surface area contributed by atoms with E-state index in [1.54, 1.807) is 14.2 Å². The average molecular weight is 1250 g/mol. The van der Waals surface area contributed by atoms with E-state index in [0.717, 1.165) is 128 Å². The lowest BCUT2D eigenvalue weighted by Gasteiger charge is -2.18. The van der Waals surface area contributed by atoms with Gasteiger partial charge in [-0.3, -0.25) is 4.79 Å². The molecule has 0 radical (unpaired) electrons. The van der Waals surface area contributed by atoms with Crippen LogP contribution in [0, 0.1) is 27.2 Å². The molecule has 1 aromatic heterocycles. The molecular formula is C69H69IN8O7. The van der Waals surface area contributed by atoms with Gasteiger partial charge in [-0.2, -0.15) is 0 Å². The molecule has 15 nitrogen and oxygen atoms in total. The normalized spacial score (nSPS) is 18.2. The number of hydrogen-bond donors (Lipinski definition) is 4. The Morgan fingerprint density at radius 1 is 0.812 bits per heavy atom. The van der Waals surface area contributed by atoms with Crippen molar-refractivity contribution in [3.8, 4) is 23.3 Å². The summed E-state index contributed by atoms with van der Waals surface area (Å²) in [6, 6.07) is 28.0. The monoisotopic (exact) mass is 1250 g/mol. The summed E-state index contributed by atoms with van der Waals surface area (Å²) in [5.74, 6) is 8.71. The van der Waals surface area contributed by atoms with Crippen molar-refractivity contribution in [1.29, 1.82) is 0 Å². The molecule has 11 rings (SSSR count). The van der Waals surface area contributed by atoms with E-state index in [0.29, 0.717) is 87.4 Å². The predicted octanol–water partition coefficient (Wildman–Crippen LogP) is 13.1. The second kappa shape index (κ2) is 26.0. The SMILES string of the molecule is CCC1=C(C)C2=NC1=CC1=C(C)C3=C(O)CC(=C4NC(=CC5=NC(=C2)C(C(C)OCc2cccc(C#Cc6cccc(Nc7ncnc8cc(OCCOC)c(OCCOC)cc78)c6)c2)=C5C)[C@@H](C)[C@@H]4CCC(=O)NCc2cccc(I)c2)C3=N1. The van der Waals surface area contributed by atoms with Crippen molar-refractivity contribution in [3.63, 3.8) is 0 Å². The van der Waals surface area contributed by atoms with Crippen LogP contribution in [0.4, 0.5) is 11.5 Å². The number of anilines is 2. The van der Waals surface area contributed by atoms with Gasteiger partial charge < -0.3 is 44.7 Å². The number of nitrogens with one attached hydrogen (secondary N) is 3. The van der Waals surface area contributed by atoms with Crippen LogP contribution in [-0.4, -0.2) is 84.9 Å². The Bertz CT molecular complexity index is 3980. The molecule has 5 aromatic rings. The van der Waals surface area contributed by atoms with Crippen molar-refractivity contribution in [2.24, 2.45) is 26.8 Å². The van der Waals surface area contributed by atoms with Gasteiger partial charge in [-0.1, -0.05) is 56.0 Å². The Kier molecular flexibility index (Phi) is 17.9. The molecule has 1 fully saturated rings.